The van der Waals surface area contributed by atoms with Gasteiger partial charge in [-0.1, -0.05) is 48.5 Å². The Morgan fingerprint density at radius 3 is 2.12 bits per heavy atom. The van der Waals surface area contributed by atoms with Crippen molar-refractivity contribution < 1.29 is 14.7 Å². The number of aliphatic carboxylic acids is 1. The average Bonchev–Trinajstić information content (AvgIpc) is 3.14. The molecule has 0 aromatic heterocycles. The first-order chi connectivity index (χ1) is 12.1. The zero-order valence-corrected chi connectivity index (χ0v) is 14.2. The molecular weight excluding hydrogens is 314 g/mol. The number of hydrogen-bond donors (Lipinski definition) is 1. The van der Waals surface area contributed by atoms with Crippen molar-refractivity contribution in [1.29, 1.82) is 0 Å². The van der Waals surface area contributed by atoms with Crippen LogP contribution in [0.15, 0.2) is 60.7 Å². The lowest BCUT2D eigenvalue weighted by Gasteiger charge is -2.26. The number of para-hydroxylation sites is 1. The Labute approximate surface area is 148 Å². The molecule has 0 radical (unpaired) electrons. The summed E-state index contributed by atoms with van der Waals surface area (Å²) in [6.45, 7) is 0.598. The topological polar surface area (TPSA) is 57.6 Å². The van der Waals surface area contributed by atoms with Crippen LogP contribution in [0.3, 0.4) is 0 Å². The number of anilines is 1. The van der Waals surface area contributed by atoms with E-state index in [9.17, 15) is 14.7 Å². The van der Waals surface area contributed by atoms with Gasteiger partial charge < -0.3 is 10.0 Å². The average molecular weight is 337 g/mol. The number of nitrogens with zero attached hydrogens (tertiary/aromatic N) is 1. The van der Waals surface area contributed by atoms with E-state index < -0.39 is 5.97 Å². The van der Waals surface area contributed by atoms with E-state index in [2.05, 4.69) is 12.1 Å². The molecule has 0 saturated heterocycles. The highest BCUT2D eigenvalue weighted by atomic mass is 16.4. The molecule has 1 N–H and O–H groups in total. The van der Waals surface area contributed by atoms with Gasteiger partial charge in [0, 0.05) is 18.2 Å². The number of carboxylic acid groups (broad SMARTS) is 1. The summed E-state index contributed by atoms with van der Waals surface area (Å²) in [4.78, 5) is 26.1. The molecule has 130 valence electrons. The summed E-state index contributed by atoms with van der Waals surface area (Å²) in [5.74, 6) is -1.32. The summed E-state index contributed by atoms with van der Waals surface area (Å²) >= 11 is 0. The highest BCUT2D eigenvalue weighted by Gasteiger charge is 2.36. The summed E-state index contributed by atoms with van der Waals surface area (Å²) in [5.41, 5.74) is 2.06. The summed E-state index contributed by atoms with van der Waals surface area (Å²) in [6, 6.07) is 19.7. The molecule has 2 atom stereocenters. The van der Waals surface area contributed by atoms with Crippen molar-refractivity contribution in [1.82, 2.24) is 0 Å². The van der Waals surface area contributed by atoms with Crippen LogP contribution in [0.1, 0.15) is 24.8 Å². The lowest BCUT2D eigenvalue weighted by molar-refractivity contribution is -0.141. The monoisotopic (exact) mass is 337 g/mol. The third-order valence-corrected chi connectivity index (χ3v) is 4.93. The maximum Gasteiger partial charge on any atom is 0.306 e. The van der Waals surface area contributed by atoms with Gasteiger partial charge in [0.15, 0.2) is 0 Å². The molecule has 2 aromatic rings. The Bertz CT molecular complexity index is 714. The van der Waals surface area contributed by atoms with E-state index in [0.29, 0.717) is 25.8 Å². The Kier molecular flexibility index (Phi) is 5.49. The Hall–Kier alpha value is -2.62. The molecule has 0 heterocycles. The second-order valence-electron chi connectivity index (χ2n) is 6.61. The maximum absolute atomic E-state index is 13.1. The van der Waals surface area contributed by atoms with Crippen molar-refractivity contribution in [3.8, 4) is 0 Å². The van der Waals surface area contributed by atoms with E-state index in [4.69, 9.17) is 0 Å². The first kappa shape index (κ1) is 17.2. The molecule has 1 fully saturated rings. The predicted molar refractivity (Wildman–Crippen MR) is 97.4 cm³/mol. The van der Waals surface area contributed by atoms with Crippen LogP contribution in [0.4, 0.5) is 5.69 Å². The number of carbonyl (C=O) groups is 2. The fraction of sp³-hybridized carbons (Fsp3) is 0.333. The molecular formula is C21H23NO3. The van der Waals surface area contributed by atoms with Crippen molar-refractivity contribution in [3.63, 3.8) is 0 Å². The molecule has 1 aliphatic carbocycles. The molecule has 4 nitrogen and oxygen atoms in total. The highest BCUT2D eigenvalue weighted by molar-refractivity contribution is 5.95. The molecule has 0 spiro atoms. The minimum Gasteiger partial charge on any atom is -0.481 e. The molecule has 0 aliphatic heterocycles. The van der Waals surface area contributed by atoms with Crippen molar-refractivity contribution in [3.05, 3.63) is 66.2 Å². The molecule has 2 aromatic carbocycles. The Morgan fingerprint density at radius 1 is 0.920 bits per heavy atom. The number of carboxylic acids is 1. The van der Waals surface area contributed by atoms with E-state index in [1.165, 1.54) is 5.56 Å². The number of benzene rings is 2. The molecule has 0 bridgehead atoms. The SMILES string of the molecule is O=C(O)[C@@H]1CC[C@H](C(=O)N(CCc2ccccc2)c2ccccc2)C1. The van der Waals surface area contributed by atoms with Crippen LogP contribution >= 0.6 is 0 Å². The van der Waals surface area contributed by atoms with Crippen LogP contribution in [0, 0.1) is 11.8 Å². The normalized spacial score (nSPS) is 19.5. The van der Waals surface area contributed by atoms with Crippen LogP contribution in [0.5, 0.6) is 0 Å². The van der Waals surface area contributed by atoms with Gasteiger partial charge in [-0.05, 0) is 43.4 Å². The van der Waals surface area contributed by atoms with Gasteiger partial charge in [0.1, 0.15) is 0 Å². The lowest BCUT2D eigenvalue weighted by Crippen LogP contribution is -2.37. The number of carbonyl (C=O) groups excluding carboxylic acids is 1. The van der Waals surface area contributed by atoms with Gasteiger partial charge in [-0.3, -0.25) is 9.59 Å². The van der Waals surface area contributed by atoms with Gasteiger partial charge in [0.2, 0.25) is 5.91 Å². The molecule has 1 aliphatic rings. The maximum atomic E-state index is 13.1. The summed E-state index contributed by atoms with van der Waals surface area (Å²) in [7, 11) is 0. The number of amides is 1. The number of rotatable bonds is 6. The summed E-state index contributed by atoms with van der Waals surface area (Å²) in [5, 5.41) is 9.20. The van der Waals surface area contributed by atoms with Crippen molar-refractivity contribution in [2.45, 2.75) is 25.7 Å². The van der Waals surface area contributed by atoms with Gasteiger partial charge in [-0.15, -0.1) is 0 Å². The molecule has 25 heavy (non-hydrogen) atoms. The molecule has 3 rings (SSSR count). The zero-order chi connectivity index (χ0) is 17.6. The molecule has 1 amide bonds. The predicted octanol–water partition coefficient (Wildman–Crippen LogP) is 3.76. The van der Waals surface area contributed by atoms with E-state index in [1.54, 1.807) is 0 Å². The zero-order valence-electron chi connectivity index (χ0n) is 14.2. The van der Waals surface area contributed by atoms with Crippen LogP contribution in [-0.4, -0.2) is 23.5 Å². The van der Waals surface area contributed by atoms with Crippen molar-refractivity contribution in [2.24, 2.45) is 11.8 Å². The first-order valence-electron chi connectivity index (χ1n) is 8.78. The smallest absolute Gasteiger partial charge is 0.306 e. The summed E-state index contributed by atoms with van der Waals surface area (Å²) < 4.78 is 0. The molecule has 1 saturated carbocycles. The van der Waals surface area contributed by atoms with Gasteiger partial charge >= 0.3 is 5.97 Å². The van der Waals surface area contributed by atoms with Gasteiger partial charge in [-0.2, -0.15) is 0 Å². The van der Waals surface area contributed by atoms with Gasteiger partial charge in [0.05, 0.1) is 5.92 Å². The fourth-order valence-electron chi connectivity index (χ4n) is 3.51. The van der Waals surface area contributed by atoms with Crippen LogP contribution in [0.2, 0.25) is 0 Å². The lowest BCUT2D eigenvalue weighted by atomic mass is 10.0. The van der Waals surface area contributed by atoms with Crippen molar-refractivity contribution >= 4 is 17.6 Å². The second kappa shape index (κ2) is 7.97. The minimum absolute atomic E-state index is 0.0471. The summed E-state index contributed by atoms with van der Waals surface area (Å²) in [6.07, 6.45) is 2.47. The number of hydrogen-bond acceptors (Lipinski definition) is 2. The second-order valence-corrected chi connectivity index (χ2v) is 6.61. The highest BCUT2D eigenvalue weighted by Crippen LogP contribution is 2.33. The van der Waals surface area contributed by atoms with Crippen LogP contribution in [0.25, 0.3) is 0 Å². The minimum atomic E-state index is -0.786. The van der Waals surface area contributed by atoms with Crippen LogP contribution < -0.4 is 4.90 Å². The standard InChI is InChI=1S/C21H23NO3/c23-20(17-11-12-18(15-17)21(24)25)22(19-9-5-2-6-10-19)14-13-16-7-3-1-4-8-16/h1-10,17-18H,11-15H2,(H,24,25)/t17-,18+/m0/s1. The van der Waals surface area contributed by atoms with E-state index >= 15 is 0 Å². The largest absolute Gasteiger partial charge is 0.481 e. The molecule has 0 unspecified atom stereocenters. The molecule has 4 heteroatoms. The third kappa shape index (κ3) is 4.27. The quantitative estimate of drug-likeness (QED) is 0.873. The van der Waals surface area contributed by atoms with E-state index in [1.807, 2.05) is 53.4 Å². The van der Waals surface area contributed by atoms with Gasteiger partial charge in [0.25, 0.3) is 0 Å². The van der Waals surface area contributed by atoms with Crippen molar-refractivity contribution in [2.75, 3.05) is 11.4 Å². The Morgan fingerprint density at radius 2 is 1.52 bits per heavy atom. The first-order valence-corrected chi connectivity index (χ1v) is 8.78. The van der Waals surface area contributed by atoms with Crippen LogP contribution in [-0.2, 0) is 16.0 Å². The third-order valence-electron chi connectivity index (χ3n) is 4.93. The van der Waals surface area contributed by atoms with Gasteiger partial charge in [-0.25, -0.2) is 0 Å². The Balaban J connectivity index is 1.74. The van der Waals surface area contributed by atoms with E-state index in [-0.39, 0.29) is 17.7 Å². The fourth-order valence-corrected chi connectivity index (χ4v) is 3.51. The van der Waals surface area contributed by atoms with E-state index in [0.717, 1.165) is 12.1 Å².